The van der Waals surface area contributed by atoms with Gasteiger partial charge >= 0.3 is 0 Å². The summed E-state index contributed by atoms with van der Waals surface area (Å²) in [5.74, 6) is -0.756. The number of carbonyl (C=O) groups excluding carboxylic acids is 1. The summed E-state index contributed by atoms with van der Waals surface area (Å²) in [6.07, 6.45) is 1.99. The van der Waals surface area contributed by atoms with E-state index in [1.807, 2.05) is 18.4 Å². The first-order valence-electron chi connectivity index (χ1n) is 7.56. The van der Waals surface area contributed by atoms with Crippen LogP contribution in [0.1, 0.15) is 22.8 Å². The third kappa shape index (κ3) is 2.50. The number of carbonyl (C=O) groups is 1. The minimum absolute atomic E-state index is 0.0135. The van der Waals surface area contributed by atoms with Gasteiger partial charge in [-0.25, -0.2) is 9.37 Å². The predicted molar refractivity (Wildman–Crippen MR) is 90.9 cm³/mol. The SMILES string of the molecule is Cc1ccsc1[C@H]1C[C@@H]1C(=O)Nc1cc2c(=O)[nH]cnc2cc1F. The Morgan fingerprint density at radius 3 is 3.04 bits per heavy atom. The van der Waals surface area contributed by atoms with Crippen molar-refractivity contribution in [2.45, 2.75) is 19.3 Å². The van der Waals surface area contributed by atoms with Gasteiger partial charge in [0, 0.05) is 22.8 Å². The maximum absolute atomic E-state index is 14.2. The second-order valence-electron chi connectivity index (χ2n) is 5.99. The van der Waals surface area contributed by atoms with Crippen LogP contribution >= 0.6 is 11.3 Å². The van der Waals surface area contributed by atoms with E-state index in [1.165, 1.54) is 22.8 Å². The van der Waals surface area contributed by atoms with Gasteiger partial charge in [-0.3, -0.25) is 9.59 Å². The van der Waals surface area contributed by atoms with Crippen molar-refractivity contribution in [3.8, 4) is 0 Å². The molecular weight excluding hydrogens is 329 g/mol. The number of aromatic amines is 1. The van der Waals surface area contributed by atoms with Gasteiger partial charge in [-0.1, -0.05) is 0 Å². The number of nitrogens with one attached hydrogen (secondary N) is 2. The molecule has 3 aromatic rings. The lowest BCUT2D eigenvalue weighted by molar-refractivity contribution is -0.117. The summed E-state index contributed by atoms with van der Waals surface area (Å²) in [6.45, 7) is 2.03. The summed E-state index contributed by atoms with van der Waals surface area (Å²) in [5.41, 5.74) is 1.09. The molecule has 0 bridgehead atoms. The molecular formula is C17H14FN3O2S. The van der Waals surface area contributed by atoms with Crippen LogP contribution < -0.4 is 10.9 Å². The van der Waals surface area contributed by atoms with E-state index in [9.17, 15) is 14.0 Å². The van der Waals surface area contributed by atoms with Gasteiger partial charge in [-0.2, -0.15) is 0 Å². The molecule has 4 rings (SSSR count). The van der Waals surface area contributed by atoms with Gasteiger partial charge in [0.2, 0.25) is 5.91 Å². The van der Waals surface area contributed by atoms with E-state index in [1.54, 1.807) is 11.3 Å². The number of amides is 1. The number of aromatic nitrogens is 2. The van der Waals surface area contributed by atoms with E-state index in [2.05, 4.69) is 15.3 Å². The smallest absolute Gasteiger partial charge is 0.258 e. The molecule has 0 spiro atoms. The molecule has 0 radical (unpaired) electrons. The lowest BCUT2D eigenvalue weighted by atomic mass is 10.1. The molecule has 2 atom stereocenters. The van der Waals surface area contributed by atoms with E-state index in [0.29, 0.717) is 0 Å². The average Bonchev–Trinajstić information content (AvgIpc) is 3.23. The molecule has 7 heteroatoms. The molecule has 1 amide bonds. The maximum atomic E-state index is 14.2. The largest absolute Gasteiger partial charge is 0.323 e. The average molecular weight is 343 g/mol. The normalized spacial score (nSPS) is 19.4. The minimum atomic E-state index is -0.599. The highest BCUT2D eigenvalue weighted by molar-refractivity contribution is 7.10. The van der Waals surface area contributed by atoms with Crippen molar-refractivity contribution in [1.29, 1.82) is 0 Å². The van der Waals surface area contributed by atoms with E-state index < -0.39 is 5.82 Å². The molecule has 1 fully saturated rings. The number of rotatable bonds is 3. The van der Waals surface area contributed by atoms with Crippen molar-refractivity contribution in [2.75, 3.05) is 5.32 Å². The number of anilines is 1. The molecule has 2 heterocycles. The zero-order valence-corrected chi connectivity index (χ0v) is 13.6. The van der Waals surface area contributed by atoms with Crippen molar-refractivity contribution >= 4 is 33.8 Å². The molecule has 5 nitrogen and oxygen atoms in total. The zero-order valence-electron chi connectivity index (χ0n) is 12.8. The Labute approximate surface area is 140 Å². The number of thiophene rings is 1. The van der Waals surface area contributed by atoms with E-state index in [0.717, 1.165) is 12.5 Å². The van der Waals surface area contributed by atoms with Crippen LogP contribution in [0.5, 0.6) is 0 Å². The fraction of sp³-hybridized carbons (Fsp3) is 0.235. The Bertz CT molecular complexity index is 1010. The Balaban J connectivity index is 1.58. The summed E-state index contributed by atoms with van der Waals surface area (Å²) in [6, 6.07) is 4.53. The highest BCUT2D eigenvalue weighted by Crippen LogP contribution is 2.50. The van der Waals surface area contributed by atoms with Crippen molar-refractivity contribution < 1.29 is 9.18 Å². The van der Waals surface area contributed by atoms with Gasteiger partial charge in [0.1, 0.15) is 5.82 Å². The maximum Gasteiger partial charge on any atom is 0.258 e. The number of aryl methyl sites for hydroxylation is 1. The first-order chi connectivity index (χ1) is 11.5. The third-order valence-electron chi connectivity index (χ3n) is 4.35. The van der Waals surface area contributed by atoms with Gasteiger partial charge in [-0.05, 0) is 36.4 Å². The number of hydrogen-bond acceptors (Lipinski definition) is 4. The van der Waals surface area contributed by atoms with Crippen LogP contribution in [0.3, 0.4) is 0 Å². The first kappa shape index (κ1) is 15.0. The second kappa shape index (κ2) is 5.52. The second-order valence-corrected chi connectivity index (χ2v) is 6.93. The lowest BCUT2D eigenvalue weighted by Crippen LogP contribution is -2.16. The summed E-state index contributed by atoms with van der Waals surface area (Å²) in [7, 11) is 0. The molecule has 1 saturated carbocycles. The zero-order chi connectivity index (χ0) is 16.8. The van der Waals surface area contributed by atoms with E-state index in [4.69, 9.17) is 0 Å². The first-order valence-corrected chi connectivity index (χ1v) is 8.44. The molecule has 1 aliphatic rings. The summed E-state index contributed by atoms with van der Waals surface area (Å²) >= 11 is 1.65. The van der Waals surface area contributed by atoms with Crippen molar-refractivity contribution in [3.63, 3.8) is 0 Å². The van der Waals surface area contributed by atoms with Gasteiger partial charge in [-0.15, -0.1) is 11.3 Å². The molecule has 0 saturated heterocycles. The molecule has 0 aliphatic heterocycles. The highest BCUT2D eigenvalue weighted by atomic mass is 32.1. The van der Waals surface area contributed by atoms with Gasteiger partial charge in [0.05, 0.1) is 22.9 Å². The number of nitrogens with zero attached hydrogens (tertiary/aromatic N) is 1. The van der Waals surface area contributed by atoms with Crippen LogP contribution in [-0.4, -0.2) is 15.9 Å². The van der Waals surface area contributed by atoms with Crippen LogP contribution in [0.15, 0.2) is 34.7 Å². The number of benzene rings is 1. The van der Waals surface area contributed by atoms with Gasteiger partial charge in [0.15, 0.2) is 0 Å². The summed E-state index contributed by atoms with van der Waals surface area (Å²) in [4.78, 5) is 31.8. The van der Waals surface area contributed by atoms with Crippen LogP contribution in [0.25, 0.3) is 10.9 Å². The molecule has 2 aromatic heterocycles. The van der Waals surface area contributed by atoms with Crippen LogP contribution in [-0.2, 0) is 4.79 Å². The fourth-order valence-electron chi connectivity index (χ4n) is 2.95. The number of H-pyrrole nitrogens is 1. The van der Waals surface area contributed by atoms with E-state index >= 15 is 0 Å². The van der Waals surface area contributed by atoms with Gasteiger partial charge in [0.25, 0.3) is 5.56 Å². The monoisotopic (exact) mass is 343 g/mol. The lowest BCUT2D eigenvalue weighted by Gasteiger charge is -2.07. The molecule has 0 unspecified atom stereocenters. The summed E-state index contributed by atoms with van der Waals surface area (Å²) < 4.78 is 14.2. The van der Waals surface area contributed by atoms with Crippen molar-refractivity contribution in [2.24, 2.45) is 5.92 Å². The molecule has 1 aromatic carbocycles. The summed E-state index contributed by atoms with van der Waals surface area (Å²) in [5, 5.41) is 4.87. The van der Waals surface area contributed by atoms with E-state index in [-0.39, 0.29) is 39.9 Å². The number of fused-ring (bicyclic) bond motifs is 1. The fourth-order valence-corrected chi connectivity index (χ4v) is 4.06. The highest BCUT2D eigenvalue weighted by Gasteiger charge is 2.45. The molecule has 24 heavy (non-hydrogen) atoms. The van der Waals surface area contributed by atoms with Gasteiger partial charge < -0.3 is 10.3 Å². The third-order valence-corrected chi connectivity index (χ3v) is 5.50. The van der Waals surface area contributed by atoms with Crippen LogP contribution in [0.4, 0.5) is 10.1 Å². The van der Waals surface area contributed by atoms with Crippen molar-refractivity contribution in [3.05, 3.63) is 56.5 Å². The quantitative estimate of drug-likeness (QED) is 0.767. The molecule has 2 N–H and O–H groups in total. The number of hydrogen-bond donors (Lipinski definition) is 2. The Kier molecular flexibility index (Phi) is 3.45. The molecule has 122 valence electrons. The molecule has 1 aliphatic carbocycles. The van der Waals surface area contributed by atoms with Crippen LogP contribution in [0, 0.1) is 18.7 Å². The topological polar surface area (TPSA) is 74.8 Å². The number of halogens is 1. The van der Waals surface area contributed by atoms with Crippen LogP contribution in [0.2, 0.25) is 0 Å². The Hall–Kier alpha value is -2.54. The minimum Gasteiger partial charge on any atom is -0.323 e. The Morgan fingerprint density at radius 2 is 2.29 bits per heavy atom. The Morgan fingerprint density at radius 1 is 1.46 bits per heavy atom. The predicted octanol–water partition coefficient (Wildman–Crippen LogP) is 3.17. The van der Waals surface area contributed by atoms with Crippen molar-refractivity contribution in [1.82, 2.24) is 9.97 Å². The standard InChI is InChI=1S/C17H14FN3O2S/c1-8-2-3-24-15(8)9-4-10(9)17(23)21-14-5-11-13(6-12(14)18)19-7-20-16(11)22/h2-3,5-7,9-10H,4H2,1H3,(H,21,23)(H,19,20,22)/t9-,10-/m0/s1.